The predicted molar refractivity (Wildman–Crippen MR) is 268 cm³/mol. The third kappa shape index (κ3) is 6.15. The van der Waals surface area contributed by atoms with Crippen LogP contribution in [0.25, 0.3) is 39.0 Å². The van der Waals surface area contributed by atoms with Gasteiger partial charge in [-0.1, -0.05) is 225 Å². The molecule has 0 saturated heterocycles. The van der Waals surface area contributed by atoms with E-state index < -0.39 is 5.41 Å². The Kier molecular flexibility index (Phi) is 9.27. The molecule has 8 aromatic carbocycles. The standard InChI is InChI=1S/C63H45N/c1-5-19-44(20-6-1)54-39-37-51(42-60(54)45-21-7-2-8-22-45)64(50-35-33-46(34-36-50)59-41-47-23-13-14-28-53(47)55-29-15-16-30-56(55)59)52-38-40-58-57-31-17-18-32-61(57)63(62(58)43-52,48-24-9-3-10-25-48)49-26-11-4-12-27-49/h1-43,53,55H. The highest BCUT2D eigenvalue weighted by molar-refractivity contribution is 5.93. The van der Waals surface area contributed by atoms with Gasteiger partial charge in [-0.25, -0.2) is 0 Å². The molecule has 2 atom stereocenters. The monoisotopic (exact) mass is 815 g/mol. The van der Waals surface area contributed by atoms with Crippen molar-refractivity contribution in [2.45, 2.75) is 5.41 Å². The molecule has 0 spiro atoms. The van der Waals surface area contributed by atoms with Gasteiger partial charge in [-0.3, -0.25) is 0 Å². The normalized spacial score (nSPS) is 17.3. The molecule has 0 bridgehead atoms. The number of nitrogens with zero attached hydrogens (tertiary/aromatic N) is 1. The summed E-state index contributed by atoms with van der Waals surface area (Å²) >= 11 is 0. The fourth-order valence-electron chi connectivity index (χ4n) is 10.9. The van der Waals surface area contributed by atoms with Gasteiger partial charge in [-0.2, -0.15) is 0 Å². The van der Waals surface area contributed by atoms with Crippen LogP contribution in [-0.4, -0.2) is 0 Å². The maximum absolute atomic E-state index is 2.47. The molecule has 4 aliphatic rings. The number of benzene rings is 8. The first-order chi connectivity index (χ1) is 31.8. The second-order valence-electron chi connectivity index (χ2n) is 17.2. The second-order valence-corrected chi connectivity index (χ2v) is 17.2. The summed E-state index contributed by atoms with van der Waals surface area (Å²) in [5, 5.41) is 0. The Hall–Kier alpha value is -8.00. The Morgan fingerprint density at radius 1 is 0.359 bits per heavy atom. The Balaban J connectivity index is 1.08. The van der Waals surface area contributed by atoms with Crippen LogP contribution in [0.3, 0.4) is 0 Å². The average Bonchev–Trinajstić information content (AvgIpc) is 3.68. The molecule has 1 heteroatoms. The van der Waals surface area contributed by atoms with Crippen molar-refractivity contribution in [2.75, 3.05) is 4.90 Å². The lowest BCUT2D eigenvalue weighted by Gasteiger charge is -2.35. The molecule has 302 valence electrons. The summed E-state index contributed by atoms with van der Waals surface area (Å²) in [7, 11) is 0. The fraction of sp³-hybridized carbons (Fsp3) is 0.0476. The van der Waals surface area contributed by atoms with Gasteiger partial charge in [0.1, 0.15) is 0 Å². The van der Waals surface area contributed by atoms with E-state index in [2.05, 4.69) is 266 Å². The van der Waals surface area contributed by atoms with Gasteiger partial charge < -0.3 is 4.90 Å². The van der Waals surface area contributed by atoms with E-state index in [0.29, 0.717) is 11.8 Å². The molecule has 1 nitrogen and oxygen atoms in total. The molecule has 2 unspecified atom stereocenters. The zero-order chi connectivity index (χ0) is 42.5. The van der Waals surface area contributed by atoms with E-state index in [9.17, 15) is 0 Å². The maximum Gasteiger partial charge on any atom is 0.0714 e. The molecule has 0 aromatic heterocycles. The summed E-state index contributed by atoms with van der Waals surface area (Å²) < 4.78 is 0. The van der Waals surface area contributed by atoms with Gasteiger partial charge in [-0.05, 0) is 114 Å². The van der Waals surface area contributed by atoms with Crippen molar-refractivity contribution >= 4 is 22.6 Å². The molecular formula is C63H45N. The molecule has 0 aliphatic heterocycles. The van der Waals surface area contributed by atoms with Crippen LogP contribution in [-0.2, 0) is 5.41 Å². The molecule has 0 saturated carbocycles. The minimum Gasteiger partial charge on any atom is -0.310 e. The lowest BCUT2D eigenvalue weighted by atomic mass is 9.67. The zero-order valence-corrected chi connectivity index (χ0v) is 35.4. The molecule has 0 fully saturated rings. The quantitative estimate of drug-likeness (QED) is 0.148. The average molecular weight is 816 g/mol. The van der Waals surface area contributed by atoms with E-state index >= 15 is 0 Å². The molecular weight excluding hydrogens is 771 g/mol. The fourth-order valence-corrected chi connectivity index (χ4v) is 10.9. The van der Waals surface area contributed by atoms with Crippen LogP contribution in [0, 0.1) is 11.8 Å². The highest BCUT2D eigenvalue weighted by Gasteiger charge is 2.46. The van der Waals surface area contributed by atoms with Crippen LogP contribution in [0.5, 0.6) is 0 Å². The number of hydrogen-bond donors (Lipinski definition) is 0. The molecule has 4 aliphatic carbocycles. The summed E-state index contributed by atoms with van der Waals surface area (Å²) in [6.45, 7) is 0. The van der Waals surface area contributed by atoms with Crippen LogP contribution in [0.2, 0.25) is 0 Å². The van der Waals surface area contributed by atoms with Crippen molar-refractivity contribution in [3.05, 3.63) is 300 Å². The number of rotatable bonds is 8. The number of hydrogen-bond acceptors (Lipinski definition) is 1. The molecule has 8 aromatic rings. The summed E-state index contributed by atoms with van der Waals surface area (Å²) in [5.41, 5.74) is 20.4. The lowest BCUT2D eigenvalue weighted by molar-refractivity contribution is 0.618. The molecule has 0 amide bonds. The summed E-state index contributed by atoms with van der Waals surface area (Å²) in [6.07, 6.45) is 20.5. The van der Waals surface area contributed by atoms with E-state index in [-0.39, 0.29) is 0 Å². The Bertz CT molecular complexity index is 3200. The molecule has 64 heavy (non-hydrogen) atoms. The number of anilines is 3. The topological polar surface area (TPSA) is 3.24 Å². The van der Waals surface area contributed by atoms with E-state index in [1.165, 1.54) is 77.9 Å². The van der Waals surface area contributed by atoms with E-state index in [4.69, 9.17) is 0 Å². The first-order valence-electron chi connectivity index (χ1n) is 22.4. The third-order valence-corrected chi connectivity index (χ3v) is 13.7. The molecule has 0 radical (unpaired) electrons. The Labute approximate surface area is 376 Å². The summed E-state index contributed by atoms with van der Waals surface area (Å²) in [5.74, 6) is 0.684. The van der Waals surface area contributed by atoms with Crippen LogP contribution in [0.4, 0.5) is 17.1 Å². The van der Waals surface area contributed by atoms with Crippen molar-refractivity contribution in [3.8, 4) is 33.4 Å². The lowest BCUT2D eigenvalue weighted by Crippen LogP contribution is -2.28. The van der Waals surface area contributed by atoms with Gasteiger partial charge in [0.15, 0.2) is 0 Å². The van der Waals surface area contributed by atoms with Crippen LogP contribution in [0.1, 0.15) is 27.8 Å². The smallest absolute Gasteiger partial charge is 0.0714 e. The first-order valence-corrected chi connectivity index (χ1v) is 22.4. The van der Waals surface area contributed by atoms with Crippen molar-refractivity contribution in [3.63, 3.8) is 0 Å². The second kappa shape index (κ2) is 15.7. The summed E-state index contributed by atoms with van der Waals surface area (Å²) in [4.78, 5) is 2.46. The largest absolute Gasteiger partial charge is 0.310 e. The van der Waals surface area contributed by atoms with Gasteiger partial charge in [0, 0.05) is 28.9 Å². The van der Waals surface area contributed by atoms with Crippen molar-refractivity contribution in [1.29, 1.82) is 0 Å². The van der Waals surface area contributed by atoms with Crippen LogP contribution >= 0.6 is 0 Å². The Morgan fingerprint density at radius 2 is 0.891 bits per heavy atom. The van der Waals surface area contributed by atoms with Crippen molar-refractivity contribution < 1.29 is 0 Å². The first kappa shape index (κ1) is 37.7. The highest BCUT2D eigenvalue weighted by atomic mass is 15.1. The third-order valence-electron chi connectivity index (χ3n) is 13.7. The van der Waals surface area contributed by atoms with Crippen molar-refractivity contribution in [1.82, 2.24) is 0 Å². The summed E-state index contributed by atoms with van der Waals surface area (Å²) in [6, 6.07) is 76.2. The Morgan fingerprint density at radius 3 is 1.58 bits per heavy atom. The van der Waals surface area contributed by atoms with Crippen molar-refractivity contribution in [2.24, 2.45) is 11.8 Å². The zero-order valence-electron chi connectivity index (χ0n) is 35.4. The predicted octanol–water partition coefficient (Wildman–Crippen LogP) is 16.0. The maximum atomic E-state index is 2.47. The van der Waals surface area contributed by atoms with Crippen LogP contribution in [0.15, 0.2) is 272 Å². The van der Waals surface area contributed by atoms with Gasteiger partial charge in [0.05, 0.1) is 5.41 Å². The minimum atomic E-state index is -0.520. The molecule has 0 N–H and O–H groups in total. The van der Waals surface area contributed by atoms with E-state index in [1.54, 1.807) is 0 Å². The molecule has 0 heterocycles. The van der Waals surface area contributed by atoms with Gasteiger partial charge in [-0.15, -0.1) is 0 Å². The van der Waals surface area contributed by atoms with E-state index in [0.717, 1.165) is 17.1 Å². The number of fused-ring (bicyclic) bond motifs is 6. The van der Waals surface area contributed by atoms with Gasteiger partial charge >= 0.3 is 0 Å². The van der Waals surface area contributed by atoms with Gasteiger partial charge in [0.2, 0.25) is 0 Å². The van der Waals surface area contributed by atoms with Gasteiger partial charge in [0.25, 0.3) is 0 Å². The SMILES string of the molecule is C1=CC2=CC(c3ccc(N(c4ccc(-c5ccccc5)c(-c5ccccc5)c4)c4ccc5c(c4)C(c4ccccc4)(c4ccccc4)c4ccccc4-5)cc3)=C3C=CC=CC3C2C=C1. The van der Waals surface area contributed by atoms with Crippen LogP contribution < -0.4 is 4.90 Å². The van der Waals surface area contributed by atoms with E-state index in [1.807, 2.05) is 0 Å². The number of allylic oxidation sites excluding steroid dienone is 12. The minimum absolute atomic E-state index is 0.321. The molecule has 12 rings (SSSR count). The highest BCUT2D eigenvalue weighted by Crippen LogP contribution is 2.57.